The average Bonchev–Trinajstić information content (AvgIpc) is 2.03. The lowest BCUT2D eigenvalue weighted by atomic mass is 10.1. The maximum atomic E-state index is 11.2. The predicted molar refractivity (Wildman–Crippen MR) is 52.7 cm³/mol. The van der Waals surface area contributed by atoms with Crippen molar-refractivity contribution < 1.29 is 14.7 Å². The number of amides is 1. The van der Waals surface area contributed by atoms with Gasteiger partial charge in [0.25, 0.3) is 0 Å². The van der Waals surface area contributed by atoms with Crippen LogP contribution in [0.3, 0.4) is 0 Å². The lowest BCUT2D eigenvalue weighted by Gasteiger charge is -2.12. The first-order valence-corrected chi connectivity index (χ1v) is 4.75. The van der Waals surface area contributed by atoms with Crippen LogP contribution in [0.15, 0.2) is 0 Å². The number of nitrogens with one attached hydrogen (secondary N) is 1. The summed E-state index contributed by atoms with van der Waals surface area (Å²) in [7, 11) is 0. The minimum absolute atomic E-state index is 0.180. The highest BCUT2D eigenvalue weighted by Crippen LogP contribution is 1.98. The molecule has 5 nitrogen and oxygen atoms in total. The van der Waals surface area contributed by atoms with Crippen molar-refractivity contribution in [3.63, 3.8) is 0 Å². The Morgan fingerprint density at radius 3 is 2.50 bits per heavy atom. The van der Waals surface area contributed by atoms with Crippen molar-refractivity contribution >= 4 is 11.9 Å². The topological polar surface area (TPSA) is 92.4 Å². The van der Waals surface area contributed by atoms with Crippen molar-refractivity contribution in [2.24, 2.45) is 5.73 Å². The molecule has 4 N–H and O–H groups in total. The van der Waals surface area contributed by atoms with Crippen molar-refractivity contribution in [1.29, 1.82) is 0 Å². The molecule has 0 aromatic carbocycles. The first-order valence-electron chi connectivity index (χ1n) is 4.75. The van der Waals surface area contributed by atoms with Crippen molar-refractivity contribution in [1.82, 2.24) is 5.32 Å². The number of rotatable bonds is 6. The van der Waals surface area contributed by atoms with Crippen LogP contribution in [0.5, 0.6) is 0 Å². The van der Waals surface area contributed by atoms with Gasteiger partial charge in [-0.2, -0.15) is 0 Å². The molecule has 0 bridgehead atoms. The summed E-state index contributed by atoms with van der Waals surface area (Å²) in [5.41, 5.74) is 5.63. The Morgan fingerprint density at radius 2 is 2.07 bits per heavy atom. The first-order chi connectivity index (χ1) is 6.47. The summed E-state index contributed by atoms with van der Waals surface area (Å²) in [6, 6.07) is -1.03. The zero-order valence-electron chi connectivity index (χ0n) is 8.62. The van der Waals surface area contributed by atoms with Crippen LogP contribution in [0.1, 0.15) is 33.1 Å². The van der Waals surface area contributed by atoms with Gasteiger partial charge in [-0.15, -0.1) is 0 Å². The molecule has 0 saturated carbocycles. The molecule has 82 valence electrons. The molecule has 0 aliphatic carbocycles. The molecule has 14 heavy (non-hydrogen) atoms. The molecule has 0 saturated heterocycles. The molecule has 0 aliphatic heterocycles. The van der Waals surface area contributed by atoms with Crippen LogP contribution in [0.25, 0.3) is 0 Å². The van der Waals surface area contributed by atoms with Crippen molar-refractivity contribution in [3.05, 3.63) is 0 Å². The summed E-state index contributed by atoms with van der Waals surface area (Å²) in [5.74, 6) is -1.34. The van der Waals surface area contributed by atoms with Gasteiger partial charge in [-0.1, -0.05) is 13.3 Å². The minimum Gasteiger partial charge on any atom is -0.480 e. The Bertz CT molecular complexity index is 206. The van der Waals surface area contributed by atoms with E-state index in [0.29, 0.717) is 0 Å². The number of carbonyl (C=O) groups excluding carboxylic acids is 1. The Kier molecular flexibility index (Phi) is 5.87. The van der Waals surface area contributed by atoms with Crippen molar-refractivity contribution in [2.45, 2.75) is 45.2 Å². The zero-order chi connectivity index (χ0) is 11.1. The highest BCUT2D eigenvalue weighted by atomic mass is 16.4. The molecular formula is C9H18N2O3. The van der Waals surface area contributed by atoms with Gasteiger partial charge < -0.3 is 16.2 Å². The molecule has 0 rings (SSSR count). The van der Waals surface area contributed by atoms with E-state index in [0.717, 1.165) is 12.8 Å². The van der Waals surface area contributed by atoms with E-state index < -0.39 is 12.0 Å². The molecule has 1 amide bonds. The quantitative estimate of drug-likeness (QED) is 0.569. The third kappa shape index (κ3) is 5.53. The Balaban J connectivity index is 3.80. The molecule has 0 aliphatic rings. The second-order valence-corrected chi connectivity index (χ2v) is 3.38. The maximum Gasteiger partial charge on any atom is 0.325 e. The number of carboxylic acid groups (broad SMARTS) is 1. The summed E-state index contributed by atoms with van der Waals surface area (Å²) < 4.78 is 0. The van der Waals surface area contributed by atoms with E-state index in [2.05, 4.69) is 5.32 Å². The van der Waals surface area contributed by atoms with Gasteiger partial charge in [0.2, 0.25) is 5.91 Å². The van der Waals surface area contributed by atoms with Crippen LogP contribution in [0.2, 0.25) is 0 Å². The molecule has 2 atom stereocenters. The second kappa shape index (κ2) is 6.37. The van der Waals surface area contributed by atoms with E-state index in [9.17, 15) is 9.59 Å². The van der Waals surface area contributed by atoms with Gasteiger partial charge in [-0.05, 0) is 13.3 Å². The van der Waals surface area contributed by atoms with Gasteiger partial charge in [0.1, 0.15) is 6.04 Å². The molecule has 0 fully saturated rings. The molecule has 2 unspecified atom stereocenters. The number of nitrogens with two attached hydrogens (primary N) is 1. The van der Waals surface area contributed by atoms with Gasteiger partial charge in [0, 0.05) is 12.5 Å². The molecule has 0 aromatic heterocycles. The Labute approximate surface area is 83.7 Å². The number of hydrogen-bond donors (Lipinski definition) is 3. The molecule has 0 spiro atoms. The number of carboxylic acids is 1. The average molecular weight is 202 g/mol. The molecular weight excluding hydrogens is 184 g/mol. The third-order valence-electron chi connectivity index (χ3n) is 1.85. The summed E-state index contributed by atoms with van der Waals surface area (Å²) >= 11 is 0. The van der Waals surface area contributed by atoms with Gasteiger partial charge in [0.15, 0.2) is 0 Å². The zero-order valence-corrected chi connectivity index (χ0v) is 8.62. The highest BCUT2D eigenvalue weighted by molar-refractivity contribution is 5.83. The maximum absolute atomic E-state index is 11.2. The van der Waals surface area contributed by atoms with Crippen LogP contribution in [-0.4, -0.2) is 29.1 Å². The monoisotopic (exact) mass is 202 g/mol. The highest BCUT2D eigenvalue weighted by Gasteiger charge is 2.15. The van der Waals surface area contributed by atoms with Gasteiger partial charge in [0.05, 0.1) is 0 Å². The van der Waals surface area contributed by atoms with Gasteiger partial charge in [-0.3, -0.25) is 9.59 Å². The van der Waals surface area contributed by atoms with Crippen LogP contribution in [0, 0.1) is 0 Å². The predicted octanol–water partition coefficient (Wildman–Crippen LogP) is 0.0932. The van der Waals surface area contributed by atoms with Crippen molar-refractivity contribution in [2.75, 3.05) is 0 Å². The summed E-state index contributed by atoms with van der Waals surface area (Å²) in [6.45, 7) is 3.41. The molecule has 0 heterocycles. The van der Waals surface area contributed by atoms with Crippen molar-refractivity contribution in [3.8, 4) is 0 Å². The Hall–Kier alpha value is -1.10. The second-order valence-electron chi connectivity index (χ2n) is 3.38. The van der Waals surface area contributed by atoms with Crippen LogP contribution < -0.4 is 11.1 Å². The number of carbonyl (C=O) groups is 2. The number of aliphatic carboxylic acids is 1. The SMILES string of the molecule is CCCC(N)CC(=O)NC(C)C(=O)O. The fraction of sp³-hybridized carbons (Fsp3) is 0.778. The fourth-order valence-corrected chi connectivity index (χ4v) is 1.07. The van der Waals surface area contributed by atoms with Crippen LogP contribution in [0.4, 0.5) is 0 Å². The van der Waals surface area contributed by atoms with E-state index in [1.807, 2.05) is 6.92 Å². The lowest BCUT2D eigenvalue weighted by Crippen LogP contribution is -2.40. The van der Waals surface area contributed by atoms with E-state index in [-0.39, 0.29) is 18.4 Å². The lowest BCUT2D eigenvalue weighted by molar-refractivity contribution is -0.141. The third-order valence-corrected chi connectivity index (χ3v) is 1.85. The fourth-order valence-electron chi connectivity index (χ4n) is 1.07. The van der Waals surface area contributed by atoms with Gasteiger partial charge >= 0.3 is 5.97 Å². The molecule has 0 radical (unpaired) electrons. The van der Waals surface area contributed by atoms with E-state index >= 15 is 0 Å². The molecule has 0 aromatic rings. The van der Waals surface area contributed by atoms with E-state index in [4.69, 9.17) is 10.8 Å². The minimum atomic E-state index is -1.04. The smallest absolute Gasteiger partial charge is 0.325 e. The van der Waals surface area contributed by atoms with E-state index in [1.165, 1.54) is 6.92 Å². The van der Waals surface area contributed by atoms with E-state index in [1.54, 1.807) is 0 Å². The standard InChI is InChI=1S/C9H18N2O3/c1-3-4-7(10)5-8(12)11-6(2)9(13)14/h6-7H,3-5,10H2,1-2H3,(H,11,12)(H,13,14). The van der Waals surface area contributed by atoms with Crippen LogP contribution in [-0.2, 0) is 9.59 Å². The normalized spacial score (nSPS) is 14.5. The summed E-state index contributed by atoms with van der Waals surface area (Å²) in [6.07, 6.45) is 1.88. The summed E-state index contributed by atoms with van der Waals surface area (Å²) in [5, 5.41) is 10.9. The first kappa shape index (κ1) is 12.9. The molecule has 5 heteroatoms. The largest absolute Gasteiger partial charge is 0.480 e. The Morgan fingerprint density at radius 1 is 1.50 bits per heavy atom. The van der Waals surface area contributed by atoms with Gasteiger partial charge in [-0.25, -0.2) is 0 Å². The van der Waals surface area contributed by atoms with Crippen LogP contribution >= 0.6 is 0 Å². The number of hydrogen-bond acceptors (Lipinski definition) is 3. The summed E-state index contributed by atoms with van der Waals surface area (Å²) in [4.78, 5) is 21.6.